The molecule has 1 atom stereocenters. The Bertz CT molecular complexity index is 1440. The lowest BCUT2D eigenvalue weighted by atomic mass is 10.0. The number of hydrogen-bond donors (Lipinski definition) is 0. The van der Waals surface area contributed by atoms with Crippen molar-refractivity contribution in [1.29, 1.82) is 0 Å². The molecule has 0 aromatic heterocycles. The van der Waals surface area contributed by atoms with Gasteiger partial charge >= 0.3 is 17.9 Å². The molecule has 0 heterocycles. The highest BCUT2D eigenvalue weighted by Gasteiger charge is 2.19. The Morgan fingerprint density at radius 3 is 0.877 bits per heavy atom. The zero-order chi connectivity index (χ0) is 52.9. The molecular weight excluding hydrogens is 901 g/mol. The standard InChI is InChI=1S/C67H114O6/c1-4-7-10-13-16-19-22-24-26-27-28-29-30-31-32-33-34-35-36-37-38-39-40-41-42-44-45-48-51-54-57-60-66(69)72-63-64(62-71-65(68)59-56-53-50-47-21-18-15-12-9-6-3)73-67(70)61-58-55-52-49-46-43-25-23-20-17-14-11-8-5-2/h7,10,14,16-17,19,23-26,28-29,31-32,34-35,64H,4-6,8-9,11-13,15,18,20-22,27,30,33,36-63H2,1-3H3/b10-7-,17-14-,19-16-,25-23-,26-24-,29-28-,32-31-,35-34-. The third-order valence-corrected chi connectivity index (χ3v) is 13.1. The fourth-order valence-electron chi connectivity index (χ4n) is 8.46. The van der Waals surface area contributed by atoms with Crippen molar-refractivity contribution < 1.29 is 28.6 Å². The van der Waals surface area contributed by atoms with Crippen LogP contribution in [0.3, 0.4) is 0 Å². The van der Waals surface area contributed by atoms with Crippen molar-refractivity contribution in [1.82, 2.24) is 0 Å². The molecular formula is C67H114O6. The molecule has 0 saturated heterocycles. The van der Waals surface area contributed by atoms with Crippen LogP contribution in [0.5, 0.6) is 0 Å². The van der Waals surface area contributed by atoms with E-state index in [-0.39, 0.29) is 31.1 Å². The molecule has 0 spiro atoms. The van der Waals surface area contributed by atoms with Crippen molar-refractivity contribution >= 4 is 17.9 Å². The Labute approximate surface area is 451 Å². The van der Waals surface area contributed by atoms with E-state index in [9.17, 15) is 14.4 Å². The molecule has 0 aliphatic heterocycles. The van der Waals surface area contributed by atoms with Crippen LogP contribution in [0.15, 0.2) is 97.2 Å². The first-order valence-electron chi connectivity index (χ1n) is 30.7. The summed E-state index contributed by atoms with van der Waals surface area (Å²) in [5.74, 6) is -0.892. The first kappa shape index (κ1) is 69.3. The summed E-state index contributed by atoms with van der Waals surface area (Å²) >= 11 is 0. The summed E-state index contributed by atoms with van der Waals surface area (Å²) in [4.78, 5) is 38.1. The highest BCUT2D eigenvalue weighted by atomic mass is 16.6. The highest BCUT2D eigenvalue weighted by molar-refractivity contribution is 5.71. The minimum absolute atomic E-state index is 0.0806. The van der Waals surface area contributed by atoms with Crippen molar-refractivity contribution in [2.45, 2.75) is 297 Å². The minimum Gasteiger partial charge on any atom is -0.462 e. The average Bonchev–Trinajstić information content (AvgIpc) is 3.39. The lowest BCUT2D eigenvalue weighted by Gasteiger charge is -2.18. The maximum atomic E-state index is 12.8. The summed E-state index contributed by atoms with van der Waals surface area (Å²) < 4.78 is 16.8. The maximum absolute atomic E-state index is 12.8. The smallest absolute Gasteiger partial charge is 0.306 e. The molecule has 6 heteroatoms. The lowest BCUT2D eigenvalue weighted by Crippen LogP contribution is -2.30. The number of carbonyl (C=O) groups excluding carboxylic acids is 3. The largest absolute Gasteiger partial charge is 0.462 e. The molecule has 0 aliphatic rings. The van der Waals surface area contributed by atoms with Gasteiger partial charge < -0.3 is 14.2 Å². The number of unbranched alkanes of at least 4 members (excludes halogenated alkanes) is 28. The predicted molar refractivity (Wildman–Crippen MR) is 316 cm³/mol. The first-order chi connectivity index (χ1) is 36.0. The van der Waals surface area contributed by atoms with E-state index in [1.54, 1.807) is 0 Å². The predicted octanol–water partition coefficient (Wildman–Crippen LogP) is 20.9. The summed E-state index contributed by atoms with van der Waals surface area (Å²) in [6.45, 7) is 6.47. The van der Waals surface area contributed by atoms with Crippen LogP contribution in [0.1, 0.15) is 290 Å². The van der Waals surface area contributed by atoms with Gasteiger partial charge in [-0.15, -0.1) is 0 Å². The number of esters is 3. The second-order valence-electron chi connectivity index (χ2n) is 20.2. The van der Waals surface area contributed by atoms with E-state index in [0.29, 0.717) is 19.3 Å². The van der Waals surface area contributed by atoms with Crippen molar-refractivity contribution in [3.8, 4) is 0 Å². The topological polar surface area (TPSA) is 78.9 Å². The van der Waals surface area contributed by atoms with Gasteiger partial charge in [0.25, 0.3) is 0 Å². The summed E-state index contributed by atoms with van der Waals surface area (Å²) in [6, 6.07) is 0. The molecule has 73 heavy (non-hydrogen) atoms. The van der Waals surface area contributed by atoms with Crippen LogP contribution in [0, 0.1) is 0 Å². The molecule has 0 N–H and O–H groups in total. The Kier molecular flexibility index (Phi) is 57.8. The number of rotatable bonds is 55. The molecule has 0 aliphatic carbocycles. The van der Waals surface area contributed by atoms with Gasteiger partial charge in [0.15, 0.2) is 6.10 Å². The second kappa shape index (κ2) is 60.9. The maximum Gasteiger partial charge on any atom is 0.306 e. The quantitative estimate of drug-likeness (QED) is 0.0261. The summed E-state index contributed by atoms with van der Waals surface area (Å²) in [5, 5.41) is 0. The molecule has 0 bridgehead atoms. The zero-order valence-corrected chi connectivity index (χ0v) is 47.9. The van der Waals surface area contributed by atoms with Gasteiger partial charge in [-0.25, -0.2) is 0 Å². The van der Waals surface area contributed by atoms with Crippen molar-refractivity contribution in [3.63, 3.8) is 0 Å². The van der Waals surface area contributed by atoms with Gasteiger partial charge in [0.05, 0.1) is 0 Å². The molecule has 0 fully saturated rings. The fraction of sp³-hybridized carbons (Fsp3) is 0.716. The van der Waals surface area contributed by atoms with Crippen LogP contribution in [-0.4, -0.2) is 37.2 Å². The van der Waals surface area contributed by atoms with Gasteiger partial charge in [0.2, 0.25) is 0 Å². The van der Waals surface area contributed by atoms with E-state index in [1.807, 2.05) is 0 Å². The zero-order valence-electron chi connectivity index (χ0n) is 47.9. The number of allylic oxidation sites excluding steroid dienone is 16. The van der Waals surface area contributed by atoms with Gasteiger partial charge in [-0.05, 0) is 96.3 Å². The van der Waals surface area contributed by atoms with Gasteiger partial charge in [0.1, 0.15) is 13.2 Å². The first-order valence-corrected chi connectivity index (χ1v) is 30.7. The molecule has 0 radical (unpaired) electrons. The molecule has 0 saturated carbocycles. The molecule has 0 rings (SSSR count). The Morgan fingerprint density at radius 1 is 0.288 bits per heavy atom. The van der Waals surface area contributed by atoms with E-state index in [2.05, 4.69) is 118 Å². The van der Waals surface area contributed by atoms with Crippen LogP contribution >= 0.6 is 0 Å². The molecule has 6 nitrogen and oxygen atoms in total. The third kappa shape index (κ3) is 59.1. The molecule has 0 aromatic carbocycles. The summed E-state index contributed by atoms with van der Waals surface area (Å²) in [7, 11) is 0. The number of carbonyl (C=O) groups is 3. The van der Waals surface area contributed by atoms with Crippen molar-refractivity contribution in [2.75, 3.05) is 13.2 Å². The summed E-state index contributed by atoms with van der Waals surface area (Å²) in [5.41, 5.74) is 0. The SMILES string of the molecule is CC/C=C\C/C=C\C/C=C\C/C=C\C/C=C\C/C=C\CCCCCCCCCCCCCCC(=O)OCC(COC(=O)CCCCCCCCCCCC)OC(=O)CCCCCCC/C=C\C/C=C\CCCC. The Hall–Kier alpha value is -3.67. The van der Waals surface area contributed by atoms with E-state index < -0.39 is 6.10 Å². The van der Waals surface area contributed by atoms with Crippen molar-refractivity contribution in [3.05, 3.63) is 97.2 Å². The minimum atomic E-state index is -0.783. The third-order valence-electron chi connectivity index (χ3n) is 13.1. The molecule has 0 aromatic rings. The van der Waals surface area contributed by atoms with E-state index in [0.717, 1.165) is 122 Å². The molecule has 1 unspecified atom stereocenters. The van der Waals surface area contributed by atoms with Crippen LogP contribution in [-0.2, 0) is 28.6 Å². The van der Waals surface area contributed by atoms with Crippen LogP contribution < -0.4 is 0 Å². The van der Waals surface area contributed by atoms with Gasteiger partial charge in [-0.1, -0.05) is 272 Å². The van der Waals surface area contributed by atoms with Crippen LogP contribution in [0.25, 0.3) is 0 Å². The van der Waals surface area contributed by atoms with Crippen LogP contribution in [0.4, 0.5) is 0 Å². The van der Waals surface area contributed by atoms with Gasteiger partial charge in [-0.2, -0.15) is 0 Å². The normalized spacial score (nSPS) is 12.8. The fourth-order valence-corrected chi connectivity index (χ4v) is 8.46. The summed E-state index contributed by atoms with van der Waals surface area (Å²) in [6.07, 6.45) is 81.3. The number of ether oxygens (including phenoxy) is 3. The number of hydrogen-bond acceptors (Lipinski definition) is 6. The molecule has 418 valence electrons. The Morgan fingerprint density at radius 2 is 0.548 bits per heavy atom. The molecule has 0 amide bonds. The average molecular weight is 1020 g/mol. The van der Waals surface area contributed by atoms with Crippen LogP contribution in [0.2, 0.25) is 0 Å². The van der Waals surface area contributed by atoms with Gasteiger partial charge in [-0.3, -0.25) is 14.4 Å². The monoisotopic (exact) mass is 1010 g/mol. The van der Waals surface area contributed by atoms with E-state index in [1.165, 1.54) is 128 Å². The lowest BCUT2D eigenvalue weighted by molar-refractivity contribution is -0.167. The Balaban J connectivity index is 4.17. The van der Waals surface area contributed by atoms with Gasteiger partial charge in [0, 0.05) is 19.3 Å². The highest BCUT2D eigenvalue weighted by Crippen LogP contribution is 2.16. The van der Waals surface area contributed by atoms with E-state index >= 15 is 0 Å². The second-order valence-corrected chi connectivity index (χ2v) is 20.2. The van der Waals surface area contributed by atoms with E-state index in [4.69, 9.17) is 14.2 Å². The van der Waals surface area contributed by atoms with Crippen molar-refractivity contribution in [2.24, 2.45) is 0 Å².